The summed E-state index contributed by atoms with van der Waals surface area (Å²) in [5.41, 5.74) is 0.921. The number of hydrogen-bond acceptors (Lipinski definition) is 3. The zero-order valence-corrected chi connectivity index (χ0v) is 7.43. The molecule has 60 valence electrons. The summed E-state index contributed by atoms with van der Waals surface area (Å²) in [6.45, 7) is 1.75. The van der Waals surface area contributed by atoms with E-state index in [1.807, 2.05) is 18.4 Å². The molecule has 1 N–H and O–H groups in total. The molecule has 3 heteroatoms. The Morgan fingerprint density at radius 2 is 2.36 bits per heavy atom. The van der Waals surface area contributed by atoms with Crippen LogP contribution in [-0.2, 0) is 0 Å². The molecule has 0 amide bonds. The van der Waals surface area contributed by atoms with Crippen molar-refractivity contribution in [2.45, 2.75) is 18.1 Å². The van der Waals surface area contributed by atoms with Gasteiger partial charge in [-0.25, -0.2) is 4.98 Å². The maximum atomic E-state index is 9.21. The molecule has 0 spiro atoms. The number of thioether (sulfide) groups is 1. The molecular weight excluding hydrogens is 158 g/mol. The summed E-state index contributed by atoms with van der Waals surface area (Å²) in [7, 11) is 0. The number of aliphatic hydroxyl groups is 1. The van der Waals surface area contributed by atoms with Crippen LogP contribution in [-0.4, -0.2) is 16.3 Å². The number of hydrogen-bond donors (Lipinski definition) is 1. The largest absolute Gasteiger partial charge is 0.389 e. The molecular formula is C8H11NOS. The van der Waals surface area contributed by atoms with E-state index in [1.54, 1.807) is 24.9 Å². The smallest absolute Gasteiger partial charge is 0.0960 e. The Labute approximate surface area is 70.7 Å². The number of pyridine rings is 1. The van der Waals surface area contributed by atoms with E-state index in [-0.39, 0.29) is 0 Å². The SMILES string of the molecule is CSc1cc([C@H](C)O)ccn1. The third-order valence-electron chi connectivity index (χ3n) is 1.45. The standard InChI is InChI=1S/C8H11NOS/c1-6(10)7-3-4-9-8(5-7)11-2/h3-6,10H,1-2H3/t6-/m0/s1. The highest BCUT2D eigenvalue weighted by molar-refractivity contribution is 7.98. The fourth-order valence-electron chi connectivity index (χ4n) is 0.796. The predicted octanol–water partition coefficient (Wildman–Crippen LogP) is 1.86. The molecule has 1 atom stereocenters. The van der Waals surface area contributed by atoms with E-state index in [0.29, 0.717) is 0 Å². The van der Waals surface area contributed by atoms with Gasteiger partial charge in [0, 0.05) is 6.20 Å². The molecule has 11 heavy (non-hydrogen) atoms. The first-order chi connectivity index (χ1) is 5.24. The Morgan fingerprint density at radius 3 is 2.91 bits per heavy atom. The average molecular weight is 169 g/mol. The molecule has 1 heterocycles. The lowest BCUT2D eigenvalue weighted by Gasteiger charge is -2.04. The molecule has 0 radical (unpaired) electrons. The van der Waals surface area contributed by atoms with Crippen molar-refractivity contribution in [3.8, 4) is 0 Å². The maximum Gasteiger partial charge on any atom is 0.0960 e. The summed E-state index contributed by atoms with van der Waals surface area (Å²) in [6.07, 6.45) is 3.28. The van der Waals surface area contributed by atoms with Crippen molar-refractivity contribution in [2.24, 2.45) is 0 Å². The van der Waals surface area contributed by atoms with Crippen molar-refractivity contribution in [3.63, 3.8) is 0 Å². The van der Waals surface area contributed by atoms with Crippen LogP contribution in [0.25, 0.3) is 0 Å². The van der Waals surface area contributed by atoms with Crippen molar-refractivity contribution < 1.29 is 5.11 Å². The first-order valence-electron chi connectivity index (χ1n) is 3.42. The third-order valence-corrected chi connectivity index (χ3v) is 2.09. The predicted molar refractivity (Wildman–Crippen MR) is 46.7 cm³/mol. The van der Waals surface area contributed by atoms with Crippen LogP contribution in [0.5, 0.6) is 0 Å². The Balaban J connectivity index is 2.91. The van der Waals surface area contributed by atoms with Gasteiger partial charge in [-0.05, 0) is 30.9 Å². The van der Waals surface area contributed by atoms with Gasteiger partial charge in [-0.1, -0.05) is 0 Å². The summed E-state index contributed by atoms with van der Waals surface area (Å²) in [4.78, 5) is 4.09. The minimum Gasteiger partial charge on any atom is -0.389 e. The highest BCUT2D eigenvalue weighted by Gasteiger charge is 2.00. The first-order valence-corrected chi connectivity index (χ1v) is 4.64. The lowest BCUT2D eigenvalue weighted by molar-refractivity contribution is 0.199. The highest BCUT2D eigenvalue weighted by atomic mass is 32.2. The van der Waals surface area contributed by atoms with E-state index < -0.39 is 6.10 Å². The van der Waals surface area contributed by atoms with Crippen LogP contribution in [0, 0.1) is 0 Å². The van der Waals surface area contributed by atoms with Crippen molar-refractivity contribution in [1.29, 1.82) is 0 Å². The molecule has 0 aliphatic rings. The van der Waals surface area contributed by atoms with E-state index >= 15 is 0 Å². The monoisotopic (exact) mass is 169 g/mol. The Hall–Kier alpha value is -0.540. The van der Waals surface area contributed by atoms with Crippen molar-refractivity contribution >= 4 is 11.8 Å². The van der Waals surface area contributed by atoms with Gasteiger partial charge in [0.25, 0.3) is 0 Å². The normalized spacial score (nSPS) is 13.0. The Kier molecular flexibility index (Phi) is 2.91. The molecule has 1 aromatic heterocycles. The zero-order chi connectivity index (χ0) is 8.27. The molecule has 1 rings (SSSR count). The molecule has 0 aliphatic carbocycles. The number of aromatic nitrogens is 1. The van der Waals surface area contributed by atoms with Gasteiger partial charge >= 0.3 is 0 Å². The Bertz CT molecular complexity index is 237. The molecule has 0 unspecified atom stereocenters. The van der Waals surface area contributed by atoms with Gasteiger partial charge in [0.2, 0.25) is 0 Å². The second kappa shape index (κ2) is 3.74. The van der Waals surface area contributed by atoms with Crippen molar-refractivity contribution in [2.75, 3.05) is 6.26 Å². The average Bonchev–Trinajstić information content (AvgIpc) is 2.05. The van der Waals surface area contributed by atoms with Crippen LogP contribution < -0.4 is 0 Å². The molecule has 0 fully saturated rings. The van der Waals surface area contributed by atoms with Gasteiger partial charge in [-0.2, -0.15) is 0 Å². The van der Waals surface area contributed by atoms with Crippen LogP contribution in [0.3, 0.4) is 0 Å². The van der Waals surface area contributed by atoms with Gasteiger partial charge < -0.3 is 5.11 Å². The molecule has 0 aliphatic heterocycles. The first kappa shape index (κ1) is 8.56. The lowest BCUT2D eigenvalue weighted by Crippen LogP contribution is -1.91. The summed E-state index contributed by atoms with van der Waals surface area (Å²) in [5.74, 6) is 0. The lowest BCUT2D eigenvalue weighted by atomic mass is 10.2. The molecule has 0 bridgehead atoms. The number of rotatable bonds is 2. The molecule has 2 nitrogen and oxygen atoms in total. The van der Waals surface area contributed by atoms with Crippen LogP contribution >= 0.6 is 11.8 Å². The molecule has 1 aromatic rings. The highest BCUT2D eigenvalue weighted by Crippen LogP contribution is 2.17. The van der Waals surface area contributed by atoms with Gasteiger partial charge in [-0.3, -0.25) is 0 Å². The van der Waals surface area contributed by atoms with Gasteiger partial charge in [0.15, 0.2) is 0 Å². The molecule has 0 saturated heterocycles. The topological polar surface area (TPSA) is 33.1 Å². The number of aliphatic hydroxyl groups excluding tert-OH is 1. The quantitative estimate of drug-likeness (QED) is 0.686. The Morgan fingerprint density at radius 1 is 1.64 bits per heavy atom. The molecule has 0 aromatic carbocycles. The van der Waals surface area contributed by atoms with Crippen molar-refractivity contribution in [3.05, 3.63) is 23.9 Å². The summed E-state index contributed by atoms with van der Waals surface area (Å²) in [6, 6.07) is 3.72. The van der Waals surface area contributed by atoms with Crippen LogP contribution in [0.4, 0.5) is 0 Å². The van der Waals surface area contributed by atoms with E-state index in [9.17, 15) is 5.11 Å². The molecule has 0 saturated carbocycles. The van der Waals surface area contributed by atoms with Crippen LogP contribution in [0.1, 0.15) is 18.6 Å². The minimum absolute atomic E-state index is 0.399. The van der Waals surface area contributed by atoms with Crippen molar-refractivity contribution in [1.82, 2.24) is 4.98 Å². The fraction of sp³-hybridized carbons (Fsp3) is 0.375. The van der Waals surface area contributed by atoms with Crippen LogP contribution in [0.15, 0.2) is 23.4 Å². The summed E-state index contributed by atoms with van der Waals surface area (Å²) in [5, 5.41) is 10.2. The second-order valence-electron chi connectivity index (χ2n) is 2.31. The van der Waals surface area contributed by atoms with E-state index in [1.165, 1.54) is 0 Å². The second-order valence-corrected chi connectivity index (χ2v) is 3.13. The summed E-state index contributed by atoms with van der Waals surface area (Å²) >= 11 is 1.58. The van der Waals surface area contributed by atoms with Crippen LogP contribution in [0.2, 0.25) is 0 Å². The summed E-state index contributed by atoms with van der Waals surface area (Å²) < 4.78 is 0. The zero-order valence-electron chi connectivity index (χ0n) is 6.61. The fourth-order valence-corrected chi connectivity index (χ4v) is 1.22. The van der Waals surface area contributed by atoms with Gasteiger partial charge in [0.1, 0.15) is 0 Å². The van der Waals surface area contributed by atoms with E-state index in [4.69, 9.17) is 0 Å². The third kappa shape index (κ3) is 2.20. The van der Waals surface area contributed by atoms with Gasteiger partial charge in [0.05, 0.1) is 11.1 Å². The van der Waals surface area contributed by atoms with E-state index in [0.717, 1.165) is 10.6 Å². The minimum atomic E-state index is -0.399. The number of nitrogens with zero attached hydrogens (tertiary/aromatic N) is 1. The maximum absolute atomic E-state index is 9.21. The van der Waals surface area contributed by atoms with Gasteiger partial charge in [-0.15, -0.1) is 11.8 Å². The van der Waals surface area contributed by atoms with E-state index in [2.05, 4.69) is 4.98 Å².